The fourth-order valence-corrected chi connectivity index (χ4v) is 1.74. The van der Waals surface area contributed by atoms with E-state index >= 15 is 0 Å². The number of carbonyl (C=O) groups is 1. The largest absolute Gasteiger partial charge is 0.531 e. The van der Waals surface area contributed by atoms with E-state index in [4.69, 9.17) is 9.84 Å². The summed E-state index contributed by atoms with van der Waals surface area (Å²) >= 11 is 0. The number of hydrogen-bond donors (Lipinski definition) is 3. The number of aromatic hydroxyl groups is 2. The highest BCUT2D eigenvalue weighted by molar-refractivity contribution is 5.58. The van der Waals surface area contributed by atoms with Gasteiger partial charge in [-0.3, -0.25) is 4.84 Å². The summed E-state index contributed by atoms with van der Waals surface area (Å²) in [4.78, 5) is 14.5. The van der Waals surface area contributed by atoms with Crippen molar-refractivity contribution in [3.8, 4) is 11.8 Å². The SMILES string of the molecule is O=C(O)On1c(O)cc(C2CCOC2)c1O. The van der Waals surface area contributed by atoms with Crippen LogP contribution in [0.2, 0.25) is 0 Å². The van der Waals surface area contributed by atoms with Gasteiger partial charge in [-0.25, -0.2) is 4.79 Å². The monoisotopic (exact) mass is 229 g/mol. The average molecular weight is 229 g/mol. The van der Waals surface area contributed by atoms with Crippen molar-refractivity contribution in [2.24, 2.45) is 0 Å². The van der Waals surface area contributed by atoms with Crippen molar-refractivity contribution in [2.75, 3.05) is 13.2 Å². The van der Waals surface area contributed by atoms with Gasteiger partial charge in [-0.05, 0) is 6.42 Å². The second-order valence-corrected chi connectivity index (χ2v) is 3.49. The Kier molecular flexibility index (Phi) is 2.61. The summed E-state index contributed by atoms with van der Waals surface area (Å²) in [5.41, 5.74) is 0.427. The van der Waals surface area contributed by atoms with E-state index in [1.165, 1.54) is 6.07 Å². The normalized spacial score (nSPS) is 19.9. The molecule has 0 spiro atoms. The van der Waals surface area contributed by atoms with Crippen LogP contribution in [0, 0.1) is 0 Å². The Labute approximate surface area is 90.4 Å². The summed E-state index contributed by atoms with van der Waals surface area (Å²) in [7, 11) is 0. The molecule has 0 radical (unpaired) electrons. The lowest BCUT2D eigenvalue weighted by molar-refractivity contribution is 0.0641. The highest BCUT2D eigenvalue weighted by atomic mass is 16.8. The smallest absolute Gasteiger partial charge is 0.492 e. The molecule has 0 amide bonds. The van der Waals surface area contributed by atoms with Gasteiger partial charge in [0.1, 0.15) is 0 Å². The Morgan fingerprint density at radius 1 is 1.56 bits per heavy atom. The van der Waals surface area contributed by atoms with Crippen LogP contribution in [0.4, 0.5) is 4.79 Å². The van der Waals surface area contributed by atoms with E-state index in [-0.39, 0.29) is 5.92 Å². The number of ether oxygens (including phenoxy) is 1. The maximum absolute atomic E-state index is 10.3. The Morgan fingerprint density at radius 3 is 2.88 bits per heavy atom. The molecule has 1 saturated heterocycles. The van der Waals surface area contributed by atoms with Crippen LogP contribution in [0.3, 0.4) is 0 Å². The van der Waals surface area contributed by atoms with Gasteiger partial charge in [0.25, 0.3) is 0 Å². The molecule has 0 bridgehead atoms. The molecule has 2 heterocycles. The highest BCUT2D eigenvalue weighted by Crippen LogP contribution is 2.36. The Hall–Kier alpha value is -1.89. The molecule has 88 valence electrons. The lowest BCUT2D eigenvalue weighted by Crippen LogP contribution is -2.16. The van der Waals surface area contributed by atoms with E-state index in [0.717, 1.165) is 0 Å². The van der Waals surface area contributed by atoms with Gasteiger partial charge in [-0.15, -0.1) is 4.73 Å². The predicted octanol–water partition coefficient (Wildman–Crippen LogP) is 0.510. The molecular formula is C9H11NO6. The van der Waals surface area contributed by atoms with E-state index < -0.39 is 17.9 Å². The molecule has 1 aromatic heterocycles. The van der Waals surface area contributed by atoms with Gasteiger partial charge < -0.3 is 20.1 Å². The molecule has 1 fully saturated rings. The van der Waals surface area contributed by atoms with Gasteiger partial charge in [0.15, 0.2) is 0 Å². The van der Waals surface area contributed by atoms with Gasteiger partial charge in [0, 0.05) is 24.2 Å². The van der Waals surface area contributed by atoms with Crippen LogP contribution >= 0.6 is 0 Å². The van der Waals surface area contributed by atoms with Gasteiger partial charge in [-0.1, -0.05) is 0 Å². The molecular weight excluding hydrogens is 218 g/mol. The van der Waals surface area contributed by atoms with Crippen molar-refractivity contribution in [1.82, 2.24) is 4.73 Å². The third-order valence-electron chi connectivity index (χ3n) is 2.48. The summed E-state index contributed by atoms with van der Waals surface area (Å²) in [6.07, 6.45) is -0.903. The Bertz CT molecular complexity index is 406. The maximum atomic E-state index is 10.3. The maximum Gasteiger partial charge on any atom is 0.531 e. The van der Waals surface area contributed by atoms with E-state index in [9.17, 15) is 15.0 Å². The van der Waals surface area contributed by atoms with Crippen molar-refractivity contribution in [3.63, 3.8) is 0 Å². The standard InChI is InChI=1S/C9H11NO6/c11-7-3-6(5-1-2-15-4-5)8(12)10(7)16-9(13)14/h3,5,11-12H,1-2,4H2,(H,13,14). The minimum absolute atomic E-state index is 0.0513. The number of nitrogens with zero attached hydrogens (tertiary/aromatic N) is 1. The van der Waals surface area contributed by atoms with E-state index in [1.54, 1.807) is 0 Å². The van der Waals surface area contributed by atoms with Gasteiger partial charge in [0.05, 0.1) is 6.61 Å². The molecule has 3 N–H and O–H groups in total. The highest BCUT2D eigenvalue weighted by Gasteiger charge is 2.26. The van der Waals surface area contributed by atoms with Gasteiger partial charge >= 0.3 is 6.16 Å². The molecule has 2 rings (SSSR count). The van der Waals surface area contributed by atoms with Crippen molar-refractivity contribution >= 4 is 6.16 Å². The molecule has 16 heavy (non-hydrogen) atoms. The summed E-state index contributed by atoms with van der Waals surface area (Å²) in [5.74, 6) is -0.915. The first-order valence-corrected chi connectivity index (χ1v) is 4.72. The molecule has 0 aliphatic carbocycles. The zero-order valence-corrected chi connectivity index (χ0v) is 8.29. The average Bonchev–Trinajstić information content (AvgIpc) is 2.80. The summed E-state index contributed by atoms with van der Waals surface area (Å²) in [5, 5.41) is 27.5. The number of rotatable bonds is 2. The summed E-state index contributed by atoms with van der Waals surface area (Å²) < 4.78 is 5.61. The van der Waals surface area contributed by atoms with Crippen molar-refractivity contribution < 1.29 is 29.7 Å². The van der Waals surface area contributed by atoms with E-state index in [2.05, 4.69) is 4.84 Å². The zero-order valence-electron chi connectivity index (χ0n) is 8.29. The third-order valence-corrected chi connectivity index (χ3v) is 2.48. The van der Waals surface area contributed by atoms with Crippen molar-refractivity contribution in [2.45, 2.75) is 12.3 Å². The predicted molar refractivity (Wildman–Crippen MR) is 50.5 cm³/mol. The van der Waals surface area contributed by atoms with Crippen LogP contribution in [0.15, 0.2) is 6.07 Å². The Balaban J connectivity index is 2.30. The minimum Gasteiger partial charge on any atom is -0.492 e. The van der Waals surface area contributed by atoms with E-state index in [0.29, 0.717) is 29.9 Å². The first-order chi connectivity index (χ1) is 7.59. The third kappa shape index (κ3) is 1.76. The molecule has 1 aromatic rings. The lowest BCUT2D eigenvalue weighted by Gasteiger charge is -2.06. The molecule has 1 aliphatic heterocycles. The van der Waals surface area contributed by atoms with Crippen molar-refractivity contribution in [3.05, 3.63) is 11.6 Å². The van der Waals surface area contributed by atoms with Crippen LogP contribution < -0.4 is 4.84 Å². The number of carboxylic acid groups (broad SMARTS) is 1. The second kappa shape index (κ2) is 3.93. The zero-order chi connectivity index (χ0) is 11.7. The quantitative estimate of drug-likeness (QED) is 0.683. The van der Waals surface area contributed by atoms with Crippen molar-refractivity contribution in [1.29, 1.82) is 0 Å². The van der Waals surface area contributed by atoms with Crippen LogP contribution in [-0.2, 0) is 4.74 Å². The molecule has 1 unspecified atom stereocenters. The summed E-state index contributed by atoms with van der Waals surface area (Å²) in [6.45, 7) is 1.01. The summed E-state index contributed by atoms with van der Waals surface area (Å²) in [6, 6.07) is 1.28. The lowest BCUT2D eigenvalue weighted by atomic mass is 10.0. The van der Waals surface area contributed by atoms with Gasteiger partial charge in [-0.2, -0.15) is 0 Å². The molecule has 1 atom stereocenters. The minimum atomic E-state index is -1.62. The fraction of sp³-hybridized carbons (Fsp3) is 0.444. The van der Waals surface area contributed by atoms with Gasteiger partial charge in [0.2, 0.25) is 11.8 Å². The molecule has 0 aromatic carbocycles. The molecule has 7 heteroatoms. The molecule has 0 saturated carbocycles. The molecule has 7 nitrogen and oxygen atoms in total. The first-order valence-electron chi connectivity index (χ1n) is 4.72. The van der Waals surface area contributed by atoms with E-state index in [1.807, 2.05) is 0 Å². The first kappa shape index (κ1) is 10.6. The molecule has 1 aliphatic rings. The second-order valence-electron chi connectivity index (χ2n) is 3.49. The van der Waals surface area contributed by atoms with Crippen LogP contribution in [-0.4, -0.2) is 39.4 Å². The van der Waals surface area contributed by atoms with Crippen LogP contribution in [0.1, 0.15) is 17.9 Å². The van der Waals surface area contributed by atoms with Crippen LogP contribution in [0.25, 0.3) is 0 Å². The number of hydrogen-bond acceptors (Lipinski definition) is 5. The fourth-order valence-electron chi connectivity index (χ4n) is 1.74. The Morgan fingerprint density at radius 2 is 2.31 bits per heavy atom. The number of aromatic nitrogens is 1. The van der Waals surface area contributed by atoms with Crippen LogP contribution in [0.5, 0.6) is 11.8 Å². The topological polar surface area (TPSA) is 101 Å².